The van der Waals surface area contributed by atoms with Gasteiger partial charge in [0, 0.05) is 5.41 Å². The van der Waals surface area contributed by atoms with Crippen LogP contribution in [0.3, 0.4) is 0 Å². The average molecular weight is 326 g/mol. The van der Waals surface area contributed by atoms with Gasteiger partial charge in [0.25, 0.3) is 0 Å². The van der Waals surface area contributed by atoms with Crippen molar-refractivity contribution in [3.63, 3.8) is 0 Å². The van der Waals surface area contributed by atoms with Crippen molar-refractivity contribution in [1.29, 1.82) is 0 Å². The van der Waals surface area contributed by atoms with Gasteiger partial charge >= 0.3 is 12.4 Å². The molecular weight excluding hydrogens is 306 g/mol. The van der Waals surface area contributed by atoms with Gasteiger partial charge in [-0.2, -0.15) is 39.0 Å². The summed E-state index contributed by atoms with van der Waals surface area (Å²) in [5.41, 5.74) is -0.749. The number of thiol groups is 1. The molecule has 0 aliphatic carbocycles. The fourth-order valence-electron chi connectivity index (χ4n) is 2.17. The third kappa shape index (κ3) is 6.11. The Kier molecular flexibility index (Phi) is 7.73. The molecule has 0 rings (SSSR count). The molecule has 0 aliphatic heterocycles. The first-order valence-corrected chi connectivity index (χ1v) is 7.01. The van der Waals surface area contributed by atoms with Crippen LogP contribution in [0.4, 0.5) is 26.3 Å². The highest BCUT2D eigenvalue weighted by Crippen LogP contribution is 2.39. The molecule has 0 bridgehead atoms. The van der Waals surface area contributed by atoms with Crippen molar-refractivity contribution >= 4 is 12.6 Å². The Morgan fingerprint density at radius 2 is 1.30 bits per heavy atom. The van der Waals surface area contributed by atoms with Gasteiger partial charge in [0.05, 0.1) is 6.61 Å². The minimum atomic E-state index is -5.46. The Morgan fingerprint density at radius 3 is 1.55 bits per heavy atom. The highest BCUT2D eigenvalue weighted by Gasteiger charge is 2.58. The molecule has 0 atom stereocenters. The van der Waals surface area contributed by atoms with E-state index in [4.69, 9.17) is 0 Å². The number of hydrogen-bond acceptors (Lipinski definition) is 2. The van der Waals surface area contributed by atoms with Gasteiger partial charge in [-0.15, -0.1) is 0 Å². The molecule has 0 saturated heterocycles. The van der Waals surface area contributed by atoms with Crippen molar-refractivity contribution in [2.75, 3.05) is 12.4 Å². The first-order valence-electron chi connectivity index (χ1n) is 6.38. The molecule has 0 N–H and O–H groups in total. The molecule has 1 nitrogen and oxygen atoms in total. The number of rotatable bonds is 8. The van der Waals surface area contributed by atoms with Crippen LogP contribution in [0.2, 0.25) is 0 Å². The molecule has 0 radical (unpaired) electrons. The van der Waals surface area contributed by atoms with Gasteiger partial charge in [0.2, 0.25) is 6.10 Å². The fourth-order valence-corrected chi connectivity index (χ4v) is 2.58. The first kappa shape index (κ1) is 19.9. The van der Waals surface area contributed by atoms with E-state index >= 15 is 0 Å². The zero-order chi connectivity index (χ0) is 16.0. The molecule has 0 amide bonds. The third-order valence-electron chi connectivity index (χ3n) is 3.05. The molecule has 0 aromatic rings. The number of ether oxygens (including phenoxy) is 1. The Bertz CT molecular complexity index is 256. The van der Waals surface area contributed by atoms with Crippen molar-refractivity contribution in [2.24, 2.45) is 5.41 Å². The second-order valence-corrected chi connectivity index (χ2v) is 5.25. The lowest BCUT2D eigenvalue weighted by molar-refractivity contribution is -0.326. The SMILES string of the molecule is CCCC(CS)(CCC)COC(C(F)(F)F)C(F)(F)F. The molecule has 20 heavy (non-hydrogen) atoms. The second kappa shape index (κ2) is 7.77. The molecule has 122 valence electrons. The van der Waals surface area contributed by atoms with Crippen LogP contribution in [0.15, 0.2) is 0 Å². The van der Waals surface area contributed by atoms with Gasteiger partial charge in [-0.1, -0.05) is 26.7 Å². The van der Waals surface area contributed by atoms with E-state index in [9.17, 15) is 26.3 Å². The maximum atomic E-state index is 12.4. The van der Waals surface area contributed by atoms with E-state index in [2.05, 4.69) is 17.4 Å². The summed E-state index contributed by atoms with van der Waals surface area (Å²) in [5, 5.41) is 0. The van der Waals surface area contributed by atoms with Crippen molar-refractivity contribution in [1.82, 2.24) is 0 Å². The van der Waals surface area contributed by atoms with Gasteiger partial charge < -0.3 is 4.74 Å². The van der Waals surface area contributed by atoms with Crippen LogP contribution in [0.5, 0.6) is 0 Å². The lowest BCUT2D eigenvalue weighted by Gasteiger charge is -2.34. The summed E-state index contributed by atoms with van der Waals surface area (Å²) < 4.78 is 78.7. The summed E-state index contributed by atoms with van der Waals surface area (Å²) >= 11 is 4.07. The molecule has 0 spiro atoms. The molecule has 0 heterocycles. The number of halogens is 6. The van der Waals surface area contributed by atoms with E-state index in [-0.39, 0.29) is 5.75 Å². The number of hydrogen-bond donors (Lipinski definition) is 1. The standard InChI is InChI=1S/C12H20F6OS/c1-3-5-10(8-20,6-4-2)7-19-9(11(13,14)15)12(16,17)18/h9,20H,3-8H2,1-2H3. The van der Waals surface area contributed by atoms with Crippen molar-refractivity contribution in [3.05, 3.63) is 0 Å². The highest BCUT2D eigenvalue weighted by molar-refractivity contribution is 7.80. The lowest BCUT2D eigenvalue weighted by Crippen LogP contribution is -2.46. The summed E-state index contributed by atoms with van der Waals surface area (Å²) in [4.78, 5) is 0. The van der Waals surface area contributed by atoms with Crippen LogP contribution in [0, 0.1) is 5.41 Å². The van der Waals surface area contributed by atoms with Crippen molar-refractivity contribution in [2.45, 2.75) is 58.0 Å². The summed E-state index contributed by atoms with van der Waals surface area (Å²) in [6, 6.07) is 0. The minimum absolute atomic E-state index is 0.192. The molecule has 0 fully saturated rings. The predicted molar refractivity (Wildman–Crippen MR) is 68.0 cm³/mol. The van der Waals surface area contributed by atoms with Gasteiger partial charge in [-0.05, 0) is 18.6 Å². The van der Waals surface area contributed by atoms with Gasteiger partial charge in [0.15, 0.2) is 0 Å². The zero-order valence-corrected chi connectivity index (χ0v) is 12.3. The third-order valence-corrected chi connectivity index (χ3v) is 3.72. The maximum absolute atomic E-state index is 12.4. The highest BCUT2D eigenvalue weighted by atomic mass is 32.1. The summed E-state index contributed by atoms with van der Waals surface area (Å²) in [7, 11) is 0. The van der Waals surface area contributed by atoms with E-state index in [0.29, 0.717) is 25.7 Å². The topological polar surface area (TPSA) is 9.23 Å². The predicted octanol–water partition coefficient (Wildman–Crippen LogP) is 5.01. The summed E-state index contributed by atoms with van der Waals surface area (Å²) in [5.74, 6) is 0.192. The minimum Gasteiger partial charge on any atom is -0.360 e. The van der Waals surface area contributed by atoms with Crippen LogP contribution >= 0.6 is 12.6 Å². The Morgan fingerprint density at radius 1 is 0.900 bits per heavy atom. The normalized spacial score (nSPS) is 14.1. The molecular formula is C12H20F6OS. The molecule has 0 aliphatic rings. The van der Waals surface area contributed by atoms with Crippen LogP contribution in [-0.2, 0) is 4.74 Å². The van der Waals surface area contributed by atoms with Gasteiger partial charge in [-0.25, -0.2) is 0 Å². The van der Waals surface area contributed by atoms with E-state index in [1.165, 1.54) is 0 Å². The van der Waals surface area contributed by atoms with Crippen LogP contribution in [-0.4, -0.2) is 30.8 Å². The van der Waals surface area contributed by atoms with Crippen LogP contribution in [0.1, 0.15) is 39.5 Å². The van der Waals surface area contributed by atoms with Crippen LogP contribution < -0.4 is 0 Å². The monoisotopic (exact) mass is 326 g/mol. The van der Waals surface area contributed by atoms with E-state index < -0.39 is 30.5 Å². The Labute approximate surface area is 120 Å². The number of alkyl halides is 6. The zero-order valence-electron chi connectivity index (χ0n) is 11.4. The van der Waals surface area contributed by atoms with E-state index in [1.807, 2.05) is 13.8 Å². The fraction of sp³-hybridized carbons (Fsp3) is 1.00. The lowest BCUT2D eigenvalue weighted by atomic mass is 9.82. The van der Waals surface area contributed by atoms with Gasteiger partial charge in [0.1, 0.15) is 0 Å². The maximum Gasteiger partial charge on any atom is 0.423 e. The van der Waals surface area contributed by atoms with Crippen molar-refractivity contribution in [3.8, 4) is 0 Å². The largest absolute Gasteiger partial charge is 0.423 e. The molecule has 0 saturated carbocycles. The smallest absolute Gasteiger partial charge is 0.360 e. The van der Waals surface area contributed by atoms with E-state index in [1.54, 1.807) is 0 Å². The quantitative estimate of drug-likeness (QED) is 0.487. The first-order chi connectivity index (χ1) is 9.02. The Balaban J connectivity index is 4.96. The molecule has 8 heteroatoms. The molecule has 0 unspecified atom stereocenters. The molecule has 0 aromatic carbocycles. The van der Waals surface area contributed by atoms with Crippen molar-refractivity contribution < 1.29 is 31.1 Å². The second-order valence-electron chi connectivity index (χ2n) is 4.93. The summed E-state index contributed by atoms with van der Waals surface area (Å²) in [6.45, 7) is 3.04. The van der Waals surface area contributed by atoms with Crippen LogP contribution in [0.25, 0.3) is 0 Å². The van der Waals surface area contributed by atoms with Gasteiger partial charge in [-0.3, -0.25) is 0 Å². The van der Waals surface area contributed by atoms with E-state index in [0.717, 1.165) is 0 Å². The summed E-state index contributed by atoms with van der Waals surface area (Å²) in [6.07, 6.45) is -12.4. The molecule has 0 aromatic heterocycles. The Hall–Kier alpha value is -0.110. The average Bonchev–Trinajstić information content (AvgIpc) is 2.25.